The Balaban J connectivity index is 1.53. The van der Waals surface area contributed by atoms with Gasteiger partial charge in [-0.2, -0.15) is 5.10 Å². The van der Waals surface area contributed by atoms with Crippen LogP contribution in [0, 0.1) is 22.9 Å². The van der Waals surface area contributed by atoms with Gasteiger partial charge in [0.05, 0.1) is 17.7 Å². The first kappa shape index (κ1) is 21.4. The van der Waals surface area contributed by atoms with E-state index >= 15 is 0 Å². The maximum absolute atomic E-state index is 12.9. The van der Waals surface area contributed by atoms with Crippen LogP contribution in [0.3, 0.4) is 0 Å². The summed E-state index contributed by atoms with van der Waals surface area (Å²) in [5, 5.41) is 17.0. The zero-order valence-corrected chi connectivity index (χ0v) is 16.3. The average molecular weight is 424 g/mol. The van der Waals surface area contributed by atoms with Gasteiger partial charge in [0.2, 0.25) is 0 Å². The number of aryl methyl sites for hydroxylation is 1. The largest absolute Gasteiger partial charge is 0.455 e. The summed E-state index contributed by atoms with van der Waals surface area (Å²) in [5.41, 5.74) is 3.83. The van der Waals surface area contributed by atoms with Crippen LogP contribution in [0.4, 0.5) is 10.1 Å². The summed E-state index contributed by atoms with van der Waals surface area (Å²) >= 11 is 0. The number of hydrogen-bond acceptors (Lipinski definition) is 6. The number of furan rings is 1. The molecule has 0 spiro atoms. The molecule has 0 saturated carbocycles. The molecule has 0 atom stereocenters. The summed E-state index contributed by atoms with van der Waals surface area (Å²) in [6.07, 6.45) is 1.28. The molecule has 0 bridgehead atoms. The van der Waals surface area contributed by atoms with Gasteiger partial charge in [-0.3, -0.25) is 19.7 Å². The first-order valence-electron chi connectivity index (χ1n) is 9.04. The van der Waals surface area contributed by atoms with Crippen molar-refractivity contribution in [2.24, 2.45) is 5.10 Å². The smallest absolute Gasteiger partial charge is 0.269 e. The lowest BCUT2D eigenvalue weighted by Crippen LogP contribution is -2.34. The number of carbonyl (C=O) groups excluding carboxylic acids is 2. The maximum atomic E-state index is 12.9. The lowest BCUT2D eigenvalue weighted by molar-refractivity contribution is -0.384. The van der Waals surface area contributed by atoms with Crippen LogP contribution >= 0.6 is 0 Å². The van der Waals surface area contributed by atoms with E-state index in [1.807, 2.05) is 0 Å². The fraction of sp³-hybridized carbons (Fsp3) is 0.0952. The molecule has 1 aromatic heterocycles. The third-order valence-corrected chi connectivity index (χ3v) is 4.21. The van der Waals surface area contributed by atoms with Crippen molar-refractivity contribution in [2.75, 3.05) is 6.54 Å². The van der Waals surface area contributed by atoms with E-state index in [0.717, 1.165) is 12.1 Å². The minimum absolute atomic E-state index is 0.0103. The molecule has 158 valence electrons. The van der Waals surface area contributed by atoms with Gasteiger partial charge < -0.3 is 9.73 Å². The van der Waals surface area contributed by atoms with Crippen molar-refractivity contribution in [1.29, 1.82) is 0 Å². The van der Waals surface area contributed by atoms with Crippen molar-refractivity contribution in [3.8, 4) is 11.3 Å². The molecule has 31 heavy (non-hydrogen) atoms. The minimum atomic E-state index is -0.565. The molecule has 0 aliphatic carbocycles. The van der Waals surface area contributed by atoms with Gasteiger partial charge in [0.15, 0.2) is 0 Å². The second-order valence-corrected chi connectivity index (χ2v) is 6.44. The summed E-state index contributed by atoms with van der Waals surface area (Å²) < 4.78 is 18.5. The molecule has 3 rings (SSSR count). The normalized spacial score (nSPS) is 10.8. The van der Waals surface area contributed by atoms with E-state index < -0.39 is 22.6 Å². The van der Waals surface area contributed by atoms with Crippen LogP contribution in [-0.2, 0) is 4.79 Å². The number of hydrazone groups is 1. The Hall–Kier alpha value is -4.34. The van der Waals surface area contributed by atoms with Gasteiger partial charge in [-0.05, 0) is 55.0 Å². The molecule has 2 N–H and O–H groups in total. The van der Waals surface area contributed by atoms with Crippen LogP contribution < -0.4 is 10.7 Å². The maximum Gasteiger partial charge on any atom is 0.269 e. The van der Waals surface area contributed by atoms with Crippen molar-refractivity contribution in [1.82, 2.24) is 10.7 Å². The number of non-ortho nitro benzene ring substituents is 1. The highest BCUT2D eigenvalue weighted by atomic mass is 19.1. The SMILES string of the molecule is Cc1cc([N+](=O)[O-])ccc1-c1ccc(/C=N\NC(=O)CNC(=O)c2ccc(F)cc2)o1. The Labute approximate surface area is 175 Å². The van der Waals surface area contributed by atoms with Crippen LogP contribution in [0.2, 0.25) is 0 Å². The monoisotopic (exact) mass is 424 g/mol. The fourth-order valence-electron chi connectivity index (χ4n) is 2.68. The Kier molecular flexibility index (Phi) is 6.51. The highest BCUT2D eigenvalue weighted by Gasteiger charge is 2.12. The zero-order chi connectivity index (χ0) is 22.4. The van der Waals surface area contributed by atoms with Crippen molar-refractivity contribution >= 4 is 23.7 Å². The van der Waals surface area contributed by atoms with Crippen LogP contribution in [0.1, 0.15) is 21.7 Å². The molecule has 0 unspecified atom stereocenters. The Morgan fingerprint density at radius 3 is 2.58 bits per heavy atom. The molecule has 0 aliphatic rings. The third-order valence-electron chi connectivity index (χ3n) is 4.21. The molecule has 2 aromatic carbocycles. The Morgan fingerprint density at radius 1 is 1.16 bits per heavy atom. The lowest BCUT2D eigenvalue weighted by atomic mass is 10.1. The van der Waals surface area contributed by atoms with Gasteiger partial charge in [-0.25, -0.2) is 9.82 Å². The lowest BCUT2D eigenvalue weighted by Gasteiger charge is -2.04. The number of nitrogens with one attached hydrogen (secondary N) is 2. The molecule has 0 radical (unpaired) electrons. The van der Waals surface area contributed by atoms with Crippen molar-refractivity contribution < 1.29 is 23.3 Å². The van der Waals surface area contributed by atoms with Crippen LogP contribution in [-0.4, -0.2) is 29.5 Å². The Morgan fingerprint density at radius 2 is 1.90 bits per heavy atom. The van der Waals surface area contributed by atoms with Gasteiger partial charge >= 0.3 is 0 Å². The average Bonchev–Trinajstić information content (AvgIpc) is 3.21. The van der Waals surface area contributed by atoms with E-state index in [1.54, 1.807) is 25.1 Å². The van der Waals surface area contributed by atoms with Crippen LogP contribution in [0.5, 0.6) is 0 Å². The predicted molar refractivity (Wildman–Crippen MR) is 110 cm³/mol. The van der Waals surface area contributed by atoms with E-state index in [2.05, 4.69) is 15.8 Å². The number of rotatable bonds is 7. The van der Waals surface area contributed by atoms with Gasteiger partial charge in [0.1, 0.15) is 17.3 Å². The zero-order valence-electron chi connectivity index (χ0n) is 16.3. The topological polar surface area (TPSA) is 127 Å². The molecule has 9 nitrogen and oxygen atoms in total. The van der Waals surface area contributed by atoms with E-state index in [9.17, 15) is 24.1 Å². The molecular weight excluding hydrogens is 407 g/mol. The third kappa shape index (κ3) is 5.60. The highest BCUT2D eigenvalue weighted by molar-refractivity contribution is 5.96. The van der Waals surface area contributed by atoms with E-state index in [1.165, 1.54) is 30.5 Å². The van der Waals surface area contributed by atoms with Gasteiger partial charge in [-0.15, -0.1) is 0 Å². The number of nitro benzene ring substituents is 1. The number of nitrogens with zero attached hydrogens (tertiary/aromatic N) is 2. The summed E-state index contributed by atoms with van der Waals surface area (Å²) in [7, 11) is 0. The van der Waals surface area contributed by atoms with E-state index in [4.69, 9.17) is 4.42 Å². The Bertz CT molecular complexity index is 1150. The predicted octanol–water partition coefficient (Wildman–Crippen LogP) is 3.18. The summed E-state index contributed by atoms with van der Waals surface area (Å²) in [6.45, 7) is 1.41. The van der Waals surface area contributed by atoms with Crippen molar-refractivity contribution in [2.45, 2.75) is 6.92 Å². The fourth-order valence-corrected chi connectivity index (χ4v) is 2.68. The van der Waals surface area contributed by atoms with Crippen LogP contribution in [0.15, 0.2) is 64.1 Å². The first-order valence-corrected chi connectivity index (χ1v) is 9.04. The number of hydrogen-bond donors (Lipinski definition) is 2. The summed E-state index contributed by atoms with van der Waals surface area (Å²) in [6, 6.07) is 12.7. The molecule has 0 aliphatic heterocycles. The number of amides is 2. The van der Waals surface area contributed by atoms with Gasteiger partial charge in [0, 0.05) is 23.3 Å². The first-order chi connectivity index (χ1) is 14.8. The number of nitro groups is 1. The highest BCUT2D eigenvalue weighted by Crippen LogP contribution is 2.28. The molecule has 2 amide bonds. The molecular formula is C21H17FN4O5. The van der Waals surface area contributed by atoms with Crippen LogP contribution in [0.25, 0.3) is 11.3 Å². The minimum Gasteiger partial charge on any atom is -0.455 e. The van der Waals surface area contributed by atoms with Gasteiger partial charge in [-0.1, -0.05) is 0 Å². The van der Waals surface area contributed by atoms with Crippen molar-refractivity contribution in [3.63, 3.8) is 0 Å². The number of carbonyl (C=O) groups is 2. The standard InChI is InChI=1S/C21H17FN4O5/c1-13-10-16(26(29)30)6-8-18(13)19-9-7-17(31-19)11-24-25-20(27)12-23-21(28)14-2-4-15(22)5-3-14/h2-11H,12H2,1H3,(H,23,28)(H,25,27)/b24-11-. The van der Waals surface area contributed by atoms with Gasteiger partial charge in [0.25, 0.3) is 17.5 Å². The second-order valence-electron chi connectivity index (χ2n) is 6.44. The molecule has 1 heterocycles. The van der Waals surface area contributed by atoms with Crippen molar-refractivity contribution in [3.05, 3.63) is 87.4 Å². The summed E-state index contributed by atoms with van der Waals surface area (Å²) in [5.74, 6) is -0.707. The summed E-state index contributed by atoms with van der Waals surface area (Å²) in [4.78, 5) is 34.0. The quantitative estimate of drug-likeness (QED) is 0.342. The van der Waals surface area contributed by atoms with E-state index in [0.29, 0.717) is 22.6 Å². The molecule has 0 saturated heterocycles. The number of benzene rings is 2. The molecule has 10 heteroatoms. The molecule has 3 aromatic rings. The molecule has 0 fully saturated rings. The second kappa shape index (κ2) is 9.44. The number of halogens is 1. The van der Waals surface area contributed by atoms with E-state index in [-0.39, 0.29) is 17.8 Å².